The summed E-state index contributed by atoms with van der Waals surface area (Å²) in [6.07, 6.45) is 0.0629. The first-order valence-electron chi connectivity index (χ1n) is 9.64. The van der Waals surface area contributed by atoms with Crippen LogP contribution in [-0.2, 0) is 30.9 Å². The molecule has 171 valence electrons. The van der Waals surface area contributed by atoms with Crippen LogP contribution in [0.1, 0.15) is 0 Å². The number of hydrogen-bond acceptors (Lipinski definition) is 5. The van der Waals surface area contributed by atoms with Gasteiger partial charge in [-0.25, -0.2) is 0 Å². The molecule has 0 aromatic heterocycles. The fraction of sp³-hybridized carbons (Fsp3) is 0.400. The number of rotatable bonds is 6. The Morgan fingerprint density at radius 3 is 1.42 bits per heavy atom. The average Bonchev–Trinajstić information content (AvgIpc) is 2.82. The predicted molar refractivity (Wildman–Crippen MR) is 119 cm³/mol. The van der Waals surface area contributed by atoms with Crippen molar-refractivity contribution >= 4 is 25.3 Å². The molecule has 31 heavy (non-hydrogen) atoms. The van der Waals surface area contributed by atoms with E-state index in [9.17, 15) is 18.9 Å². The minimum atomic E-state index is -3.52. The summed E-state index contributed by atoms with van der Waals surface area (Å²) in [5, 5.41) is 0.864. The van der Waals surface area contributed by atoms with Gasteiger partial charge in [-0.15, -0.1) is 0 Å². The molecule has 2 unspecified atom stereocenters. The van der Waals surface area contributed by atoms with Crippen molar-refractivity contribution in [1.82, 2.24) is 9.80 Å². The smallest absolute Gasteiger partial charge is 0.412 e. The minimum Gasteiger partial charge on any atom is -0.412 e. The quantitative estimate of drug-likeness (QED) is 0.437. The molecular weight excluding hydrogens is 481 g/mol. The topological polar surface area (TPSA) is 122 Å². The van der Waals surface area contributed by atoms with Gasteiger partial charge in [0.15, 0.2) is 0 Å². The van der Waals surface area contributed by atoms with Crippen LogP contribution in [0.15, 0.2) is 60.7 Å². The van der Waals surface area contributed by atoms with E-state index >= 15 is 0 Å². The Bertz CT molecular complexity index is 803. The standard InChI is InChI=1S/C20H28N2O5P2.Mn.H2O/c23-28(24,19-7-3-1-4-8-19)17-21-11-12-22(14-16-27-15-13-21)18-29(25,26)20-9-5-2-6-10-20;;/h1-10H,11-18H2,(H,23,24)(H,25,26);;1H2/q;+2;. The van der Waals surface area contributed by atoms with E-state index < -0.39 is 14.7 Å². The predicted octanol–water partition coefficient (Wildman–Crippen LogP) is 0.900. The number of nitrogens with zero attached hydrogens (tertiary/aromatic N) is 2. The van der Waals surface area contributed by atoms with Crippen LogP contribution in [-0.4, -0.2) is 77.0 Å². The summed E-state index contributed by atoms with van der Waals surface area (Å²) in [5.41, 5.74) is 0. The molecule has 2 aromatic rings. The molecule has 0 bridgehead atoms. The van der Waals surface area contributed by atoms with Crippen molar-refractivity contribution in [2.24, 2.45) is 0 Å². The maximum Gasteiger partial charge on any atom is 2.00 e. The van der Waals surface area contributed by atoms with Crippen LogP contribution in [0.3, 0.4) is 0 Å². The minimum absolute atomic E-state index is 0. The van der Waals surface area contributed by atoms with Crippen LogP contribution in [0.25, 0.3) is 0 Å². The second kappa shape index (κ2) is 13.0. The zero-order chi connectivity index (χ0) is 20.7. The van der Waals surface area contributed by atoms with Gasteiger partial charge in [-0.2, -0.15) is 0 Å². The van der Waals surface area contributed by atoms with E-state index in [1.807, 2.05) is 21.9 Å². The third-order valence-electron chi connectivity index (χ3n) is 4.94. The first-order valence-corrected chi connectivity index (χ1v) is 13.3. The monoisotopic (exact) mass is 511 g/mol. The van der Waals surface area contributed by atoms with Gasteiger partial charge in [0.25, 0.3) is 0 Å². The van der Waals surface area contributed by atoms with Crippen LogP contribution in [0.2, 0.25) is 0 Å². The molecule has 0 saturated carbocycles. The summed E-state index contributed by atoms with van der Waals surface area (Å²) in [6.45, 7) is 3.04. The second-order valence-electron chi connectivity index (χ2n) is 7.21. The molecule has 0 aliphatic carbocycles. The van der Waals surface area contributed by atoms with Gasteiger partial charge in [0.05, 0.1) is 25.8 Å². The SMILES string of the molecule is O.O=P(O)(CN1CCOCCN(CP(=O)(O)c2ccccc2)CC1)c1ccccc1.[Mn+2]. The van der Waals surface area contributed by atoms with Crippen molar-refractivity contribution in [2.45, 2.75) is 0 Å². The molecule has 0 spiro atoms. The van der Waals surface area contributed by atoms with Gasteiger partial charge in [-0.1, -0.05) is 36.4 Å². The summed E-state index contributed by atoms with van der Waals surface area (Å²) in [5.74, 6) is 0. The van der Waals surface area contributed by atoms with E-state index in [1.54, 1.807) is 48.5 Å². The van der Waals surface area contributed by atoms with Crippen molar-refractivity contribution in [3.63, 3.8) is 0 Å². The van der Waals surface area contributed by atoms with Crippen molar-refractivity contribution in [2.75, 3.05) is 52.0 Å². The largest absolute Gasteiger partial charge is 2.00 e. The Morgan fingerprint density at radius 2 is 1.06 bits per heavy atom. The summed E-state index contributed by atoms with van der Waals surface area (Å²) >= 11 is 0. The fourth-order valence-corrected chi connectivity index (χ4v) is 6.56. The molecule has 1 heterocycles. The van der Waals surface area contributed by atoms with Gasteiger partial charge in [-0.3, -0.25) is 18.9 Å². The normalized spacial score (nSPS) is 19.9. The molecule has 8 nitrogen and oxygen atoms in total. The van der Waals surface area contributed by atoms with E-state index in [-0.39, 0.29) is 35.1 Å². The first-order chi connectivity index (χ1) is 13.9. The Hall–Kier alpha value is -0.821. The third kappa shape index (κ3) is 8.56. The number of hydrogen-bond donors (Lipinski definition) is 2. The van der Waals surface area contributed by atoms with Gasteiger partial charge in [0, 0.05) is 36.8 Å². The summed E-state index contributed by atoms with van der Waals surface area (Å²) in [7, 11) is -7.04. The molecule has 0 amide bonds. The first kappa shape index (κ1) is 28.2. The van der Waals surface area contributed by atoms with Crippen LogP contribution in [0.5, 0.6) is 0 Å². The Labute approximate surface area is 193 Å². The molecule has 1 aliphatic rings. The molecule has 11 heteroatoms. The van der Waals surface area contributed by atoms with Crippen LogP contribution < -0.4 is 10.6 Å². The zero-order valence-electron chi connectivity index (χ0n) is 17.2. The van der Waals surface area contributed by atoms with Gasteiger partial charge in [0.2, 0.25) is 14.7 Å². The van der Waals surface area contributed by atoms with Gasteiger partial charge >= 0.3 is 17.1 Å². The Balaban J connectivity index is 0.00000240. The Kier molecular flexibility index (Phi) is 11.9. The van der Waals surface area contributed by atoms with Gasteiger partial charge < -0.3 is 20.0 Å². The van der Waals surface area contributed by atoms with E-state index in [1.165, 1.54) is 0 Å². The molecular formula is C20H30MnN2O6P2+2. The zero-order valence-corrected chi connectivity index (χ0v) is 20.2. The molecule has 1 fully saturated rings. The summed E-state index contributed by atoms with van der Waals surface area (Å²) in [6, 6.07) is 17.3. The maximum absolute atomic E-state index is 12.8. The molecule has 1 aliphatic heterocycles. The molecule has 2 aromatic carbocycles. The molecule has 4 N–H and O–H groups in total. The Morgan fingerprint density at radius 1 is 0.710 bits per heavy atom. The van der Waals surface area contributed by atoms with E-state index in [0.29, 0.717) is 50.0 Å². The van der Waals surface area contributed by atoms with Gasteiger partial charge in [0.1, 0.15) is 0 Å². The summed E-state index contributed by atoms with van der Waals surface area (Å²) in [4.78, 5) is 24.9. The average molecular weight is 511 g/mol. The third-order valence-corrected chi connectivity index (χ3v) is 8.72. The van der Waals surface area contributed by atoms with Crippen LogP contribution in [0, 0.1) is 0 Å². The molecule has 1 radical (unpaired) electrons. The van der Waals surface area contributed by atoms with E-state index in [0.717, 1.165) is 0 Å². The molecule has 3 rings (SSSR count). The fourth-order valence-electron chi connectivity index (χ4n) is 3.31. The van der Waals surface area contributed by atoms with Crippen molar-refractivity contribution < 1.29 is 46.2 Å². The van der Waals surface area contributed by atoms with Crippen molar-refractivity contribution in [3.8, 4) is 0 Å². The van der Waals surface area contributed by atoms with Crippen molar-refractivity contribution in [1.29, 1.82) is 0 Å². The van der Waals surface area contributed by atoms with Crippen LogP contribution in [0.4, 0.5) is 0 Å². The van der Waals surface area contributed by atoms with Gasteiger partial charge in [-0.05, 0) is 24.3 Å². The second-order valence-corrected chi connectivity index (χ2v) is 11.6. The summed E-state index contributed by atoms with van der Waals surface area (Å²) < 4.78 is 31.3. The van der Waals surface area contributed by atoms with E-state index in [2.05, 4.69) is 0 Å². The molecule has 2 atom stereocenters. The number of benzene rings is 2. The van der Waals surface area contributed by atoms with Crippen LogP contribution >= 0.6 is 14.7 Å². The number of ether oxygens (including phenoxy) is 1. The maximum atomic E-state index is 12.8. The van der Waals surface area contributed by atoms with E-state index in [4.69, 9.17) is 4.74 Å². The van der Waals surface area contributed by atoms with Crippen molar-refractivity contribution in [3.05, 3.63) is 60.7 Å². The molecule has 1 saturated heterocycles.